The van der Waals surface area contributed by atoms with Gasteiger partial charge in [-0.15, -0.1) is 0 Å². The van der Waals surface area contributed by atoms with E-state index in [9.17, 15) is 9.18 Å². The molecule has 0 unspecified atom stereocenters. The number of hydrogen-bond donors (Lipinski definition) is 0. The van der Waals surface area contributed by atoms with Gasteiger partial charge in [-0.3, -0.25) is 0 Å². The normalized spacial score (nSPS) is 11.0. The van der Waals surface area contributed by atoms with Crippen LogP contribution in [0.2, 0.25) is 0 Å². The molecule has 0 N–H and O–H groups in total. The fourth-order valence-electron chi connectivity index (χ4n) is 1.46. The molecular formula is C16H13FO3S. The molecule has 108 valence electrons. The van der Waals surface area contributed by atoms with Crippen LogP contribution in [-0.2, 0) is 9.53 Å². The van der Waals surface area contributed by atoms with Crippen LogP contribution in [0.3, 0.4) is 0 Å². The molecule has 0 amide bonds. The Bertz CT molecular complexity index is 624. The quantitative estimate of drug-likeness (QED) is 0.362. The molecule has 21 heavy (non-hydrogen) atoms. The number of para-hydroxylation sites is 1. The Balaban J connectivity index is 2.13. The lowest BCUT2D eigenvalue weighted by atomic mass is 10.3. The van der Waals surface area contributed by atoms with Crippen LogP contribution in [0, 0.1) is 5.82 Å². The highest BCUT2D eigenvalue weighted by Gasteiger charge is 2.12. The SMILES string of the molecule is COC(=O)C(=CSc1ccc(F)cc1)Oc1ccccc1. The molecule has 2 rings (SSSR count). The van der Waals surface area contributed by atoms with Crippen LogP contribution in [0.1, 0.15) is 0 Å². The third kappa shape index (κ3) is 4.65. The van der Waals surface area contributed by atoms with Gasteiger partial charge in [0.15, 0.2) is 0 Å². The largest absolute Gasteiger partial charge is 0.463 e. The van der Waals surface area contributed by atoms with E-state index < -0.39 is 5.97 Å². The number of esters is 1. The average Bonchev–Trinajstić information content (AvgIpc) is 2.53. The van der Waals surface area contributed by atoms with Crippen molar-refractivity contribution in [1.82, 2.24) is 0 Å². The smallest absolute Gasteiger partial charge is 0.374 e. The van der Waals surface area contributed by atoms with Crippen molar-refractivity contribution in [2.75, 3.05) is 7.11 Å². The molecule has 0 aliphatic rings. The Labute approximate surface area is 126 Å². The minimum Gasteiger partial charge on any atom is -0.463 e. The predicted molar refractivity (Wildman–Crippen MR) is 79.4 cm³/mol. The van der Waals surface area contributed by atoms with Gasteiger partial charge in [0.2, 0.25) is 5.76 Å². The van der Waals surface area contributed by atoms with E-state index in [2.05, 4.69) is 4.74 Å². The lowest BCUT2D eigenvalue weighted by Gasteiger charge is -2.08. The number of methoxy groups -OCH3 is 1. The summed E-state index contributed by atoms with van der Waals surface area (Å²) in [5.41, 5.74) is 0. The van der Waals surface area contributed by atoms with Crippen LogP contribution in [0.25, 0.3) is 0 Å². The highest BCUT2D eigenvalue weighted by atomic mass is 32.2. The van der Waals surface area contributed by atoms with Gasteiger partial charge in [-0.05, 0) is 36.4 Å². The lowest BCUT2D eigenvalue weighted by molar-refractivity contribution is -0.138. The number of benzene rings is 2. The third-order valence-corrected chi connectivity index (χ3v) is 3.35. The number of hydrogen-bond acceptors (Lipinski definition) is 4. The molecule has 0 heterocycles. The van der Waals surface area contributed by atoms with E-state index in [1.54, 1.807) is 36.4 Å². The number of ether oxygens (including phenoxy) is 2. The predicted octanol–water partition coefficient (Wildman–Crippen LogP) is 4.01. The van der Waals surface area contributed by atoms with Gasteiger partial charge in [-0.1, -0.05) is 30.0 Å². The highest BCUT2D eigenvalue weighted by Crippen LogP contribution is 2.23. The third-order valence-electron chi connectivity index (χ3n) is 2.47. The van der Waals surface area contributed by atoms with E-state index in [-0.39, 0.29) is 11.6 Å². The maximum atomic E-state index is 12.8. The zero-order valence-electron chi connectivity index (χ0n) is 11.3. The van der Waals surface area contributed by atoms with Crippen molar-refractivity contribution in [3.05, 3.63) is 71.6 Å². The van der Waals surface area contributed by atoms with E-state index >= 15 is 0 Å². The van der Waals surface area contributed by atoms with Gasteiger partial charge in [0.1, 0.15) is 11.6 Å². The van der Waals surface area contributed by atoms with Gasteiger partial charge in [-0.25, -0.2) is 9.18 Å². The molecule has 0 atom stereocenters. The number of rotatable bonds is 5. The lowest BCUT2D eigenvalue weighted by Crippen LogP contribution is -2.10. The summed E-state index contributed by atoms with van der Waals surface area (Å²) < 4.78 is 23.0. The van der Waals surface area contributed by atoms with Crippen molar-refractivity contribution in [3.63, 3.8) is 0 Å². The molecule has 0 aromatic heterocycles. The Morgan fingerprint density at radius 2 is 1.76 bits per heavy atom. The van der Waals surface area contributed by atoms with Gasteiger partial charge in [0.25, 0.3) is 0 Å². The van der Waals surface area contributed by atoms with Crippen LogP contribution in [-0.4, -0.2) is 13.1 Å². The summed E-state index contributed by atoms with van der Waals surface area (Å²) in [6.45, 7) is 0. The Morgan fingerprint density at radius 3 is 2.38 bits per heavy atom. The second-order valence-corrected chi connectivity index (χ2v) is 4.90. The van der Waals surface area contributed by atoms with Gasteiger partial charge in [0.05, 0.1) is 7.11 Å². The molecule has 0 fully saturated rings. The summed E-state index contributed by atoms with van der Waals surface area (Å²) in [6.07, 6.45) is 0. The number of carbonyl (C=O) groups excluding carboxylic acids is 1. The summed E-state index contributed by atoms with van der Waals surface area (Å²) in [4.78, 5) is 12.5. The van der Waals surface area contributed by atoms with Crippen LogP contribution >= 0.6 is 11.8 Å². The molecule has 0 aliphatic carbocycles. The molecule has 5 heteroatoms. The summed E-state index contributed by atoms with van der Waals surface area (Å²) in [5.74, 6) is -0.280. The molecule has 0 saturated carbocycles. The van der Waals surface area contributed by atoms with Gasteiger partial charge in [0, 0.05) is 10.3 Å². The van der Waals surface area contributed by atoms with Crippen LogP contribution in [0.15, 0.2) is 70.7 Å². The van der Waals surface area contributed by atoms with Crippen molar-refractivity contribution in [3.8, 4) is 5.75 Å². The Hall–Kier alpha value is -2.27. The zero-order chi connectivity index (χ0) is 15.1. The van der Waals surface area contributed by atoms with E-state index in [0.717, 1.165) is 4.90 Å². The maximum Gasteiger partial charge on any atom is 0.374 e. The maximum absolute atomic E-state index is 12.8. The molecule has 0 saturated heterocycles. The van der Waals surface area contributed by atoms with E-state index in [4.69, 9.17) is 4.74 Å². The molecule has 2 aromatic carbocycles. The molecule has 0 spiro atoms. The average molecular weight is 304 g/mol. The highest BCUT2D eigenvalue weighted by molar-refractivity contribution is 8.02. The van der Waals surface area contributed by atoms with Crippen molar-refractivity contribution >= 4 is 17.7 Å². The number of thioether (sulfide) groups is 1. The van der Waals surface area contributed by atoms with Crippen LogP contribution in [0.5, 0.6) is 5.75 Å². The first kappa shape index (κ1) is 15.1. The molecule has 3 nitrogen and oxygen atoms in total. The first-order valence-electron chi connectivity index (χ1n) is 6.12. The van der Waals surface area contributed by atoms with Crippen molar-refractivity contribution < 1.29 is 18.7 Å². The molecule has 0 radical (unpaired) electrons. The monoisotopic (exact) mass is 304 g/mol. The number of carbonyl (C=O) groups is 1. The molecular weight excluding hydrogens is 291 g/mol. The van der Waals surface area contributed by atoms with Crippen LogP contribution < -0.4 is 4.74 Å². The summed E-state index contributed by atoms with van der Waals surface area (Å²) in [7, 11) is 1.28. The van der Waals surface area contributed by atoms with E-state index in [1.165, 1.54) is 36.4 Å². The minimum atomic E-state index is -0.575. The van der Waals surface area contributed by atoms with Crippen molar-refractivity contribution in [2.24, 2.45) is 0 Å². The number of halogens is 1. The minimum absolute atomic E-state index is 0.0676. The molecule has 2 aromatic rings. The summed E-state index contributed by atoms with van der Waals surface area (Å²) >= 11 is 1.25. The standard InChI is InChI=1S/C16H13FO3S/c1-19-16(18)15(20-13-5-3-2-4-6-13)11-21-14-9-7-12(17)8-10-14/h2-11H,1H3. The van der Waals surface area contributed by atoms with Gasteiger partial charge >= 0.3 is 5.97 Å². The first-order valence-corrected chi connectivity index (χ1v) is 7.00. The fraction of sp³-hybridized carbons (Fsp3) is 0.0625. The van der Waals surface area contributed by atoms with Crippen molar-refractivity contribution in [1.29, 1.82) is 0 Å². The Kier molecular flexibility index (Phi) is 5.40. The summed E-state index contributed by atoms with van der Waals surface area (Å²) in [6, 6.07) is 14.9. The van der Waals surface area contributed by atoms with Crippen LogP contribution in [0.4, 0.5) is 4.39 Å². The summed E-state index contributed by atoms with van der Waals surface area (Å²) in [5, 5.41) is 1.53. The second-order valence-electron chi connectivity index (χ2n) is 3.96. The molecule has 0 bridgehead atoms. The van der Waals surface area contributed by atoms with Gasteiger partial charge in [-0.2, -0.15) is 0 Å². The van der Waals surface area contributed by atoms with Gasteiger partial charge < -0.3 is 9.47 Å². The van der Waals surface area contributed by atoms with E-state index in [0.29, 0.717) is 5.75 Å². The zero-order valence-corrected chi connectivity index (χ0v) is 12.1. The topological polar surface area (TPSA) is 35.5 Å². The first-order chi connectivity index (χ1) is 10.2. The second kappa shape index (κ2) is 7.50. The Morgan fingerprint density at radius 1 is 1.10 bits per heavy atom. The molecule has 0 aliphatic heterocycles. The van der Waals surface area contributed by atoms with Crippen molar-refractivity contribution in [2.45, 2.75) is 4.90 Å². The van der Waals surface area contributed by atoms with E-state index in [1.807, 2.05) is 6.07 Å². The fourth-order valence-corrected chi connectivity index (χ4v) is 2.15.